The molecule has 0 aromatic rings. The van der Waals surface area contributed by atoms with Gasteiger partial charge in [-0.3, -0.25) is 0 Å². The molecule has 0 radical (unpaired) electrons. The minimum atomic E-state index is 0.680. The second kappa shape index (κ2) is 7.30. The van der Waals surface area contributed by atoms with Crippen LogP contribution >= 0.6 is 21.6 Å². The number of oxime groups is 2. The molecule has 0 aliphatic carbocycles. The molecular weight excluding hydrogens is 196 g/mol. The van der Waals surface area contributed by atoms with Crippen molar-refractivity contribution < 1.29 is 10.4 Å². The van der Waals surface area contributed by atoms with Crippen molar-refractivity contribution in [3.63, 3.8) is 0 Å². The molecule has 0 spiro atoms. The van der Waals surface area contributed by atoms with Gasteiger partial charge in [0, 0.05) is 11.5 Å². The maximum Gasteiger partial charge on any atom is 0.0647 e. The van der Waals surface area contributed by atoms with Gasteiger partial charge in [-0.05, 0) is 13.8 Å². The molecule has 12 heavy (non-hydrogen) atoms. The van der Waals surface area contributed by atoms with Crippen molar-refractivity contribution in [1.82, 2.24) is 0 Å². The molecule has 0 heterocycles. The molecule has 0 atom stereocenters. The van der Waals surface area contributed by atoms with Crippen molar-refractivity contribution in [3.8, 4) is 0 Å². The second-order valence-corrected chi connectivity index (χ2v) is 4.66. The van der Waals surface area contributed by atoms with Gasteiger partial charge in [0.15, 0.2) is 0 Å². The van der Waals surface area contributed by atoms with Crippen LogP contribution in [0.4, 0.5) is 0 Å². The average Bonchev–Trinajstić information content (AvgIpc) is 2.11. The fourth-order valence-corrected chi connectivity index (χ4v) is 2.46. The third kappa shape index (κ3) is 6.36. The van der Waals surface area contributed by atoms with E-state index in [2.05, 4.69) is 10.3 Å². The standard InChI is InChI=1S/C6H12N2O2S2/c1-5(7-9)3-11-12-4-6(2)8-10/h9-10H,3-4H2,1-2H3/b7-5+,8-6+. The van der Waals surface area contributed by atoms with Crippen LogP contribution < -0.4 is 0 Å². The SMILES string of the molecule is C/C(CSSC/C(C)=N/O)=N\O. The van der Waals surface area contributed by atoms with Crippen molar-refractivity contribution in [2.45, 2.75) is 13.8 Å². The first kappa shape index (κ1) is 11.6. The van der Waals surface area contributed by atoms with Gasteiger partial charge in [0.1, 0.15) is 0 Å². The van der Waals surface area contributed by atoms with Gasteiger partial charge in [-0.2, -0.15) is 0 Å². The Hall–Kier alpha value is -0.360. The number of nitrogens with zero attached hydrogens (tertiary/aromatic N) is 2. The van der Waals surface area contributed by atoms with Gasteiger partial charge < -0.3 is 10.4 Å². The molecule has 70 valence electrons. The van der Waals surface area contributed by atoms with Gasteiger partial charge in [0.25, 0.3) is 0 Å². The Balaban J connectivity index is 3.34. The summed E-state index contributed by atoms with van der Waals surface area (Å²) in [5.41, 5.74) is 1.37. The van der Waals surface area contributed by atoms with Crippen molar-refractivity contribution in [2.75, 3.05) is 11.5 Å². The fourth-order valence-electron chi connectivity index (χ4n) is 0.312. The largest absolute Gasteiger partial charge is 0.411 e. The fraction of sp³-hybridized carbons (Fsp3) is 0.667. The Kier molecular flexibility index (Phi) is 7.08. The molecule has 0 amide bonds. The zero-order chi connectivity index (χ0) is 9.40. The molecule has 0 aromatic heterocycles. The molecule has 0 bridgehead atoms. The third-order valence-corrected chi connectivity index (χ3v) is 3.41. The van der Waals surface area contributed by atoms with Gasteiger partial charge >= 0.3 is 0 Å². The molecule has 0 aromatic carbocycles. The van der Waals surface area contributed by atoms with E-state index in [1.54, 1.807) is 35.4 Å². The number of rotatable bonds is 5. The summed E-state index contributed by atoms with van der Waals surface area (Å²) in [5, 5.41) is 22.6. The molecule has 0 saturated heterocycles. The molecule has 0 fully saturated rings. The highest BCUT2D eigenvalue weighted by Crippen LogP contribution is 2.20. The first-order chi connectivity index (χ1) is 5.70. The summed E-state index contributed by atoms with van der Waals surface area (Å²) in [4.78, 5) is 0. The van der Waals surface area contributed by atoms with Crippen LogP contribution in [0.2, 0.25) is 0 Å². The molecule has 0 aliphatic heterocycles. The lowest BCUT2D eigenvalue weighted by molar-refractivity contribution is 0.318. The van der Waals surface area contributed by atoms with Gasteiger partial charge in [-0.1, -0.05) is 31.9 Å². The Morgan fingerprint density at radius 3 is 1.58 bits per heavy atom. The van der Waals surface area contributed by atoms with Gasteiger partial charge in [0.2, 0.25) is 0 Å². The van der Waals surface area contributed by atoms with Crippen LogP contribution in [0, 0.1) is 0 Å². The van der Waals surface area contributed by atoms with Crippen LogP contribution in [0.1, 0.15) is 13.8 Å². The van der Waals surface area contributed by atoms with Crippen LogP contribution in [-0.4, -0.2) is 33.3 Å². The van der Waals surface area contributed by atoms with Crippen molar-refractivity contribution in [3.05, 3.63) is 0 Å². The lowest BCUT2D eigenvalue weighted by atomic mass is 10.5. The smallest absolute Gasteiger partial charge is 0.0647 e. The predicted octanol–water partition coefficient (Wildman–Crippen LogP) is 2.07. The highest BCUT2D eigenvalue weighted by Gasteiger charge is 1.95. The Bertz CT molecular complexity index is 162. The quantitative estimate of drug-likeness (QED) is 0.239. The van der Waals surface area contributed by atoms with Crippen molar-refractivity contribution >= 4 is 33.0 Å². The summed E-state index contributed by atoms with van der Waals surface area (Å²) in [6.45, 7) is 3.50. The van der Waals surface area contributed by atoms with Gasteiger partial charge in [-0.15, -0.1) is 0 Å². The summed E-state index contributed by atoms with van der Waals surface area (Å²) < 4.78 is 0. The van der Waals surface area contributed by atoms with Crippen LogP contribution in [0.25, 0.3) is 0 Å². The van der Waals surface area contributed by atoms with E-state index < -0.39 is 0 Å². The molecular formula is C6H12N2O2S2. The van der Waals surface area contributed by atoms with E-state index in [0.29, 0.717) is 22.9 Å². The predicted molar refractivity (Wildman–Crippen MR) is 54.7 cm³/mol. The summed E-state index contributed by atoms with van der Waals surface area (Å²) in [7, 11) is 3.13. The lowest BCUT2D eigenvalue weighted by Crippen LogP contribution is -1.96. The molecule has 2 N–H and O–H groups in total. The minimum Gasteiger partial charge on any atom is -0.411 e. The summed E-state index contributed by atoms with van der Waals surface area (Å²) >= 11 is 0. The first-order valence-corrected chi connectivity index (χ1v) is 5.79. The average molecular weight is 208 g/mol. The van der Waals surface area contributed by atoms with Crippen LogP contribution in [-0.2, 0) is 0 Å². The van der Waals surface area contributed by atoms with E-state index in [-0.39, 0.29) is 0 Å². The minimum absolute atomic E-state index is 0.680. The van der Waals surface area contributed by atoms with E-state index >= 15 is 0 Å². The monoisotopic (exact) mass is 208 g/mol. The summed E-state index contributed by atoms with van der Waals surface area (Å²) in [5.74, 6) is 1.36. The molecule has 0 aliphatic rings. The van der Waals surface area contributed by atoms with E-state index in [1.165, 1.54) is 0 Å². The maximum atomic E-state index is 8.29. The Morgan fingerprint density at radius 2 is 1.33 bits per heavy atom. The van der Waals surface area contributed by atoms with E-state index in [1.807, 2.05) is 0 Å². The van der Waals surface area contributed by atoms with Crippen molar-refractivity contribution in [1.29, 1.82) is 0 Å². The highest BCUT2D eigenvalue weighted by atomic mass is 33.1. The first-order valence-electron chi connectivity index (χ1n) is 3.30. The molecule has 0 unspecified atom stereocenters. The summed E-state index contributed by atoms with van der Waals surface area (Å²) in [6.07, 6.45) is 0. The normalized spacial score (nSPS) is 13.5. The van der Waals surface area contributed by atoms with Crippen LogP contribution in [0.5, 0.6) is 0 Å². The number of hydrogen-bond donors (Lipinski definition) is 2. The molecule has 0 rings (SSSR count). The second-order valence-electron chi connectivity index (χ2n) is 2.19. The van der Waals surface area contributed by atoms with E-state index in [0.717, 1.165) is 0 Å². The van der Waals surface area contributed by atoms with Crippen LogP contribution in [0.15, 0.2) is 10.3 Å². The van der Waals surface area contributed by atoms with Crippen LogP contribution in [0.3, 0.4) is 0 Å². The zero-order valence-corrected chi connectivity index (χ0v) is 8.65. The summed E-state index contributed by atoms with van der Waals surface area (Å²) in [6, 6.07) is 0. The Morgan fingerprint density at radius 1 is 1.00 bits per heavy atom. The topological polar surface area (TPSA) is 65.2 Å². The maximum absolute atomic E-state index is 8.29. The molecule has 4 nitrogen and oxygen atoms in total. The molecule has 0 saturated carbocycles. The van der Waals surface area contributed by atoms with Crippen molar-refractivity contribution in [2.24, 2.45) is 10.3 Å². The van der Waals surface area contributed by atoms with E-state index in [4.69, 9.17) is 10.4 Å². The zero-order valence-electron chi connectivity index (χ0n) is 7.02. The lowest BCUT2D eigenvalue weighted by Gasteiger charge is -1.97. The number of hydrogen-bond acceptors (Lipinski definition) is 6. The highest BCUT2D eigenvalue weighted by molar-refractivity contribution is 8.77. The molecule has 6 heteroatoms. The third-order valence-electron chi connectivity index (χ3n) is 0.960. The van der Waals surface area contributed by atoms with Gasteiger partial charge in [0.05, 0.1) is 11.4 Å². The Labute approximate surface area is 79.5 Å². The van der Waals surface area contributed by atoms with E-state index in [9.17, 15) is 0 Å². The van der Waals surface area contributed by atoms with Gasteiger partial charge in [-0.25, -0.2) is 0 Å².